The van der Waals surface area contributed by atoms with Crippen molar-refractivity contribution in [3.63, 3.8) is 0 Å². The second-order valence-electron chi connectivity index (χ2n) is 6.97. The Balaban J connectivity index is 0.000000433. The number of nitrogens with one attached hydrogen (secondary N) is 1. The number of aromatic nitrogens is 1. The first-order chi connectivity index (χ1) is 10.9. The first-order valence-electron chi connectivity index (χ1n) is 8.44. The predicted octanol–water partition coefficient (Wildman–Crippen LogP) is 5.25. The van der Waals surface area contributed by atoms with Crippen molar-refractivity contribution in [1.29, 1.82) is 0 Å². The average Bonchev–Trinajstić information content (AvgIpc) is 2.84. The molecule has 1 N–H and O–H groups in total. The molecule has 1 aromatic heterocycles. The number of alkyl halides is 1. The molecule has 0 aliphatic carbocycles. The standard InChI is InChI=1S/C16H21FN2.C4H8/c1-11-8-13-12-6-4-5-7-14(12)18-15(13)9-19(11)10-16(2,3)17;1-3-4-2/h4-7,11,18H,8-10H2,1-3H3;3-4H,1-2H3/b;4-3-. The maximum atomic E-state index is 13.9. The number of fused-ring (bicyclic) bond motifs is 3. The minimum absolute atomic E-state index is 0.390. The zero-order valence-corrected chi connectivity index (χ0v) is 15.0. The largest absolute Gasteiger partial charge is 0.357 e. The molecule has 0 radical (unpaired) electrons. The molecule has 1 aliphatic heterocycles. The summed E-state index contributed by atoms with van der Waals surface area (Å²) in [6.07, 6.45) is 5.00. The van der Waals surface area contributed by atoms with E-state index in [1.54, 1.807) is 13.8 Å². The molecule has 3 rings (SSSR count). The maximum Gasteiger partial charge on any atom is 0.118 e. The molecular weight excluding hydrogens is 287 g/mol. The van der Waals surface area contributed by atoms with Crippen molar-refractivity contribution in [3.8, 4) is 0 Å². The Labute approximate surface area is 139 Å². The van der Waals surface area contributed by atoms with Crippen molar-refractivity contribution in [2.45, 2.75) is 59.3 Å². The van der Waals surface area contributed by atoms with Crippen molar-refractivity contribution in [1.82, 2.24) is 9.88 Å². The van der Waals surface area contributed by atoms with E-state index in [1.807, 2.05) is 26.0 Å². The summed E-state index contributed by atoms with van der Waals surface area (Å²) in [6.45, 7) is 10.8. The van der Waals surface area contributed by atoms with Crippen LogP contribution < -0.4 is 0 Å². The van der Waals surface area contributed by atoms with E-state index < -0.39 is 5.67 Å². The zero-order valence-electron chi connectivity index (χ0n) is 15.0. The number of halogens is 1. The second kappa shape index (κ2) is 7.31. The van der Waals surface area contributed by atoms with Gasteiger partial charge in [-0.1, -0.05) is 30.4 Å². The number of hydrogen-bond acceptors (Lipinski definition) is 1. The summed E-state index contributed by atoms with van der Waals surface area (Å²) in [5.41, 5.74) is 2.72. The number of allylic oxidation sites excluding steroid dienone is 2. The van der Waals surface area contributed by atoms with Crippen molar-refractivity contribution < 1.29 is 4.39 Å². The fraction of sp³-hybridized carbons (Fsp3) is 0.500. The van der Waals surface area contributed by atoms with Crippen molar-refractivity contribution in [2.24, 2.45) is 0 Å². The van der Waals surface area contributed by atoms with Gasteiger partial charge in [0.15, 0.2) is 0 Å². The van der Waals surface area contributed by atoms with Gasteiger partial charge in [0, 0.05) is 35.7 Å². The molecule has 126 valence electrons. The number of para-hydroxylation sites is 1. The van der Waals surface area contributed by atoms with Crippen LogP contribution in [0.15, 0.2) is 36.4 Å². The number of H-pyrrole nitrogens is 1. The van der Waals surface area contributed by atoms with Crippen LogP contribution >= 0.6 is 0 Å². The lowest BCUT2D eigenvalue weighted by Crippen LogP contribution is -2.44. The van der Waals surface area contributed by atoms with E-state index in [9.17, 15) is 4.39 Å². The van der Waals surface area contributed by atoms with Gasteiger partial charge in [-0.15, -0.1) is 0 Å². The van der Waals surface area contributed by atoms with E-state index in [0.29, 0.717) is 12.6 Å². The molecule has 1 unspecified atom stereocenters. The lowest BCUT2D eigenvalue weighted by atomic mass is 9.96. The Kier molecular flexibility index (Phi) is 5.64. The Morgan fingerprint density at radius 1 is 1.26 bits per heavy atom. The molecule has 1 atom stereocenters. The molecule has 3 heteroatoms. The third kappa shape index (κ3) is 4.44. The van der Waals surface area contributed by atoms with Crippen LogP contribution in [0.1, 0.15) is 45.9 Å². The SMILES string of the molecule is C/C=C\C.CC1Cc2c([nH]c3ccccc23)CN1CC(C)(C)F. The van der Waals surface area contributed by atoms with E-state index in [4.69, 9.17) is 0 Å². The van der Waals surface area contributed by atoms with Crippen LogP contribution in [0, 0.1) is 0 Å². The molecule has 0 spiro atoms. The maximum absolute atomic E-state index is 13.9. The number of aromatic amines is 1. The van der Waals surface area contributed by atoms with Gasteiger partial charge in [-0.2, -0.15) is 0 Å². The summed E-state index contributed by atoms with van der Waals surface area (Å²) in [5, 5.41) is 1.32. The molecule has 1 aliphatic rings. The summed E-state index contributed by atoms with van der Waals surface area (Å²) in [4.78, 5) is 5.72. The fourth-order valence-electron chi connectivity index (χ4n) is 3.10. The summed E-state index contributed by atoms with van der Waals surface area (Å²) >= 11 is 0. The molecule has 0 fully saturated rings. The molecule has 0 bridgehead atoms. The van der Waals surface area contributed by atoms with Gasteiger partial charge in [-0.05, 0) is 52.7 Å². The fourth-order valence-corrected chi connectivity index (χ4v) is 3.10. The highest BCUT2D eigenvalue weighted by Crippen LogP contribution is 2.31. The average molecular weight is 316 g/mol. The molecule has 0 saturated carbocycles. The summed E-state index contributed by atoms with van der Waals surface area (Å²) in [5.74, 6) is 0. The highest BCUT2D eigenvalue weighted by molar-refractivity contribution is 5.84. The molecule has 0 amide bonds. The Bertz CT molecular complexity index is 660. The van der Waals surface area contributed by atoms with Gasteiger partial charge in [0.05, 0.1) is 0 Å². The molecular formula is C20H29FN2. The van der Waals surface area contributed by atoms with E-state index >= 15 is 0 Å². The number of nitrogens with zero attached hydrogens (tertiary/aromatic N) is 1. The number of rotatable bonds is 2. The summed E-state index contributed by atoms with van der Waals surface area (Å²) in [7, 11) is 0. The van der Waals surface area contributed by atoms with Gasteiger partial charge in [-0.25, -0.2) is 4.39 Å². The number of benzene rings is 1. The van der Waals surface area contributed by atoms with Crippen LogP contribution in [0.4, 0.5) is 4.39 Å². The smallest absolute Gasteiger partial charge is 0.118 e. The second-order valence-corrected chi connectivity index (χ2v) is 6.97. The molecule has 2 aromatic rings. The van der Waals surface area contributed by atoms with Gasteiger partial charge < -0.3 is 4.98 Å². The lowest BCUT2D eigenvalue weighted by Gasteiger charge is -2.36. The molecule has 0 saturated heterocycles. The van der Waals surface area contributed by atoms with Crippen LogP contribution in [-0.2, 0) is 13.0 Å². The van der Waals surface area contributed by atoms with Crippen LogP contribution in [-0.4, -0.2) is 28.1 Å². The van der Waals surface area contributed by atoms with E-state index in [-0.39, 0.29) is 0 Å². The lowest BCUT2D eigenvalue weighted by molar-refractivity contribution is 0.0853. The van der Waals surface area contributed by atoms with Crippen molar-refractivity contribution in [2.75, 3.05) is 6.54 Å². The third-order valence-corrected chi connectivity index (χ3v) is 4.30. The Hall–Kier alpha value is -1.61. The van der Waals surface area contributed by atoms with Crippen molar-refractivity contribution >= 4 is 10.9 Å². The van der Waals surface area contributed by atoms with Gasteiger partial charge in [0.2, 0.25) is 0 Å². The van der Waals surface area contributed by atoms with Crippen LogP contribution in [0.3, 0.4) is 0 Å². The molecule has 2 nitrogen and oxygen atoms in total. The van der Waals surface area contributed by atoms with E-state index in [1.165, 1.54) is 22.2 Å². The molecule has 23 heavy (non-hydrogen) atoms. The Morgan fingerprint density at radius 3 is 2.52 bits per heavy atom. The highest BCUT2D eigenvalue weighted by atomic mass is 19.1. The normalized spacial score (nSPS) is 18.8. The summed E-state index contributed by atoms with van der Waals surface area (Å²) in [6, 6.07) is 8.81. The van der Waals surface area contributed by atoms with Gasteiger partial charge in [-0.3, -0.25) is 4.90 Å². The van der Waals surface area contributed by atoms with Gasteiger partial charge in [0.1, 0.15) is 5.67 Å². The van der Waals surface area contributed by atoms with Crippen LogP contribution in [0.2, 0.25) is 0 Å². The third-order valence-electron chi connectivity index (χ3n) is 4.30. The zero-order chi connectivity index (χ0) is 17.0. The summed E-state index contributed by atoms with van der Waals surface area (Å²) < 4.78 is 13.9. The van der Waals surface area contributed by atoms with E-state index in [2.05, 4.69) is 41.1 Å². The van der Waals surface area contributed by atoms with Gasteiger partial charge >= 0.3 is 0 Å². The molecule has 1 aromatic carbocycles. The van der Waals surface area contributed by atoms with Gasteiger partial charge in [0.25, 0.3) is 0 Å². The van der Waals surface area contributed by atoms with Crippen LogP contribution in [0.5, 0.6) is 0 Å². The molecule has 2 heterocycles. The minimum atomic E-state index is -1.14. The van der Waals surface area contributed by atoms with Crippen LogP contribution in [0.25, 0.3) is 10.9 Å². The highest BCUT2D eigenvalue weighted by Gasteiger charge is 2.30. The Morgan fingerprint density at radius 2 is 1.91 bits per heavy atom. The monoisotopic (exact) mass is 316 g/mol. The first kappa shape index (κ1) is 17.7. The predicted molar refractivity (Wildman–Crippen MR) is 97.5 cm³/mol. The number of hydrogen-bond donors (Lipinski definition) is 1. The van der Waals surface area contributed by atoms with E-state index in [0.717, 1.165) is 13.0 Å². The quantitative estimate of drug-likeness (QED) is 0.750. The van der Waals surface area contributed by atoms with Crippen molar-refractivity contribution in [3.05, 3.63) is 47.7 Å². The first-order valence-corrected chi connectivity index (χ1v) is 8.44. The minimum Gasteiger partial charge on any atom is -0.357 e. The topological polar surface area (TPSA) is 19.0 Å².